The summed E-state index contributed by atoms with van der Waals surface area (Å²) in [6.45, 7) is 0.471. The molecule has 1 amide bonds. The molecular formula is C21H15BrCl2FN5O2. The fourth-order valence-electron chi connectivity index (χ4n) is 2.78. The highest BCUT2D eigenvalue weighted by molar-refractivity contribution is 9.10. The molecule has 0 fully saturated rings. The van der Waals surface area contributed by atoms with E-state index in [2.05, 4.69) is 31.4 Å². The maximum Gasteiger partial charge on any atom is 0.277 e. The molecule has 0 bridgehead atoms. The molecule has 1 N–H and O–H groups in total. The van der Waals surface area contributed by atoms with Crippen molar-refractivity contribution >= 4 is 50.9 Å². The Bertz CT molecular complexity index is 1260. The van der Waals surface area contributed by atoms with Gasteiger partial charge in [0.2, 0.25) is 0 Å². The summed E-state index contributed by atoms with van der Waals surface area (Å²) in [6, 6.07) is 12.4. The van der Waals surface area contributed by atoms with E-state index in [-0.39, 0.29) is 18.2 Å². The van der Waals surface area contributed by atoms with Crippen molar-refractivity contribution in [3.8, 4) is 5.75 Å². The molecule has 0 saturated carbocycles. The molecule has 0 aliphatic heterocycles. The lowest BCUT2D eigenvalue weighted by Gasteiger charge is -2.06. The Kier molecular flexibility index (Phi) is 6.78. The van der Waals surface area contributed by atoms with Gasteiger partial charge < -0.3 is 10.1 Å². The maximum atomic E-state index is 13.0. The van der Waals surface area contributed by atoms with Crippen molar-refractivity contribution in [2.75, 3.05) is 5.32 Å². The SMILES string of the molecule is O=C(Nc1nn(Cc2ccc(Cl)cc2Cl)cc1Br)c1ccn(COc2ccc(F)cc2)n1. The predicted octanol–water partition coefficient (Wildman–Crippen LogP) is 5.63. The summed E-state index contributed by atoms with van der Waals surface area (Å²) in [5, 5.41) is 12.4. The Morgan fingerprint density at radius 3 is 2.62 bits per heavy atom. The van der Waals surface area contributed by atoms with E-state index in [1.54, 1.807) is 35.3 Å². The summed E-state index contributed by atoms with van der Waals surface area (Å²) in [7, 11) is 0. The molecule has 2 aromatic carbocycles. The van der Waals surface area contributed by atoms with Crippen molar-refractivity contribution in [1.29, 1.82) is 0 Å². The average molecular weight is 539 g/mol. The van der Waals surface area contributed by atoms with Gasteiger partial charge in [-0.1, -0.05) is 29.3 Å². The predicted molar refractivity (Wildman–Crippen MR) is 123 cm³/mol. The summed E-state index contributed by atoms with van der Waals surface area (Å²) in [5.41, 5.74) is 1.03. The zero-order chi connectivity index (χ0) is 22.7. The van der Waals surface area contributed by atoms with Crippen LogP contribution in [0.5, 0.6) is 5.75 Å². The molecule has 0 aliphatic carbocycles. The van der Waals surface area contributed by atoms with Crippen LogP contribution in [0, 0.1) is 5.82 Å². The molecule has 4 aromatic rings. The molecule has 0 radical (unpaired) electrons. The highest BCUT2D eigenvalue weighted by Gasteiger charge is 2.15. The first kappa shape index (κ1) is 22.3. The van der Waals surface area contributed by atoms with E-state index in [0.29, 0.717) is 32.6 Å². The highest BCUT2D eigenvalue weighted by Crippen LogP contribution is 2.25. The lowest BCUT2D eigenvalue weighted by Crippen LogP contribution is -2.15. The van der Waals surface area contributed by atoms with E-state index in [0.717, 1.165) is 5.56 Å². The van der Waals surface area contributed by atoms with Gasteiger partial charge in [-0.05, 0) is 64.0 Å². The molecule has 0 aliphatic rings. The van der Waals surface area contributed by atoms with Crippen molar-refractivity contribution in [1.82, 2.24) is 19.6 Å². The first-order valence-corrected chi connectivity index (χ1v) is 10.8. The number of carbonyl (C=O) groups excluding carboxylic acids is 1. The standard InChI is InChI=1S/C21H15BrCl2FN5O2/c22-17-11-30(10-13-1-2-14(23)9-18(13)24)28-20(17)26-21(31)19-7-8-29(27-19)12-32-16-5-3-15(25)4-6-16/h1-9,11H,10,12H2,(H,26,28,31). The van der Waals surface area contributed by atoms with E-state index >= 15 is 0 Å². The average Bonchev–Trinajstić information content (AvgIpc) is 3.36. The number of anilines is 1. The van der Waals surface area contributed by atoms with Crippen LogP contribution in [-0.4, -0.2) is 25.5 Å². The van der Waals surface area contributed by atoms with Crippen LogP contribution in [0.1, 0.15) is 16.1 Å². The van der Waals surface area contributed by atoms with E-state index in [9.17, 15) is 9.18 Å². The first-order chi connectivity index (χ1) is 15.4. The van der Waals surface area contributed by atoms with Gasteiger partial charge in [-0.25, -0.2) is 9.07 Å². The number of benzene rings is 2. The second-order valence-corrected chi connectivity index (χ2v) is 8.38. The van der Waals surface area contributed by atoms with Gasteiger partial charge in [0.05, 0.1) is 11.0 Å². The molecule has 11 heteroatoms. The van der Waals surface area contributed by atoms with Gasteiger partial charge in [-0.15, -0.1) is 0 Å². The quantitative estimate of drug-likeness (QED) is 0.331. The number of halogens is 4. The molecule has 164 valence electrons. The number of amides is 1. The third-order valence-corrected chi connectivity index (χ3v) is 5.51. The van der Waals surface area contributed by atoms with Gasteiger partial charge in [0, 0.05) is 22.4 Å². The Morgan fingerprint density at radius 1 is 1.09 bits per heavy atom. The van der Waals surface area contributed by atoms with Crippen LogP contribution in [-0.2, 0) is 13.3 Å². The van der Waals surface area contributed by atoms with E-state index in [1.807, 2.05) is 6.07 Å². The fraction of sp³-hybridized carbons (Fsp3) is 0.0952. The summed E-state index contributed by atoms with van der Waals surface area (Å²) in [4.78, 5) is 12.6. The van der Waals surface area contributed by atoms with Gasteiger partial charge in [0.1, 0.15) is 11.6 Å². The molecule has 0 saturated heterocycles. The van der Waals surface area contributed by atoms with Crippen LogP contribution in [0.4, 0.5) is 10.2 Å². The number of ether oxygens (including phenoxy) is 1. The Morgan fingerprint density at radius 2 is 1.88 bits per heavy atom. The number of carbonyl (C=O) groups is 1. The topological polar surface area (TPSA) is 74.0 Å². The van der Waals surface area contributed by atoms with Gasteiger partial charge in [0.15, 0.2) is 18.2 Å². The minimum atomic E-state index is -0.430. The van der Waals surface area contributed by atoms with Crippen molar-refractivity contribution in [2.45, 2.75) is 13.3 Å². The normalized spacial score (nSPS) is 10.9. The molecule has 7 nitrogen and oxygen atoms in total. The summed E-state index contributed by atoms with van der Waals surface area (Å²) in [5.74, 6) is 0.0571. The van der Waals surface area contributed by atoms with Gasteiger partial charge >= 0.3 is 0 Å². The number of hydrogen-bond acceptors (Lipinski definition) is 4. The third-order valence-electron chi connectivity index (χ3n) is 4.35. The van der Waals surface area contributed by atoms with Crippen LogP contribution >= 0.6 is 39.1 Å². The minimum Gasteiger partial charge on any atom is -0.471 e. The summed E-state index contributed by atoms with van der Waals surface area (Å²) < 4.78 is 22.2. The number of nitrogens with one attached hydrogen (secondary N) is 1. The smallest absolute Gasteiger partial charge is 0.277 e. The monoisotopic (exact) mass is 537 g/mol. The summed E-state index contributed by atoms with van der Waals surface area (Å²) in [6.07, 6.45) is 3.34. The van der Waals surface area contributed by atoms with E-state index in [4.69, 9.17) is 27.9 Å². The third kappa shape index (κ3) is 5.48. The Balaban J connectivity index is 1.38. The number of aromatic nitrogens is 4. The lowest BCUT2D eigenvalue weighted by atomic mass is 10.2. The van der Waals surface area contributed by atoms with Gasteiger partial charge in [0.25, 0.3) is 5.91 Å². The molecular weight excluding hydrogens is 524 g/mol. The first-order valence-electron chi connectivity index (χ1n) is 9.27. The Labute approximate surface area is 200 Å². The van der Waals surface area contributed by atoms with Crippen molar-refractivity contribution in [2.24, 2.45) is 0 Å². The van der Waals surface area contributed by atoms with Crippen LogP contribution in [0.3, 0.4) is 0 Å². The highest BCUT2D eigenvalue weighted by atomic mass is 79.9. The van der Waals surface area contributed by atoms with Crippen LogP contribution in [0.15, 0.2) is 65.4 Å². The number of rotatable bonds is 7. The second kappa shape index (κ2) is 9.72. The largest absolute Gasteiger partial charge is 0.471 e. The van der Waals surface area contributed by atoms with Crippen molar-refractivity contribution in [3.63, 3.8) is 0 Å². The lowest BCUT2D eigenvalue weighted by molar-refractivity contribution is 0.101. The fourth-order valence-corrected chi connectivity index (χ4v) is 3.67. The van der Waals surface area contributed by atoms with Gasteiger partial charge in [-0.2, -0.15) is 10.2 Å². The Hall–Kier alpha value is -2.88. The number of nitrogens with zero attached hydrogens (tertiary/aromatic N) is 4. The molecule has 0 unspecified atom stereocenters. The van der Waals surface area contributed by atoms with Gasteiger partial charge in [-0.3, -0.25) is 9.48 Å². The van der Waals surface area contributed by atoms with Crippen LogP contribution in [0.2, 0.25) is 10.0 Å². The van der Waals surface area contributed by atoms with Crippen molar-refractivity contribution in [3.05, 3.63) is 92.5 Å². The maximum absolute atomic E-state index is 13.0. The van der Waals surface area contributed by atoms with E-state index in [1.165, 1.54) is 28.9 Å². The van der Waals surface area contributed by atoms with Crippen LogP contribution < -0.4 is 10.1 Å². The van der Waals surface area contributed by atoms with Crippen molar-refractivity contribution < 1.29 is 13.9 Å². The number of hydrogen-bond donors (Lipinski definition) is 1. The summed E-state index contributed by atoms with van der Waals surface area (Å²) >= 11 is 15.6. The minimum absolute atomic E-state index is 0.0685. The molecule has 32 heavy (non-hydrogen) atoms. The molecule has 4 rings (SSSR count). The molecule has 0 spiro atoms. The van der Waals surface area contributed by atoms with Crippen LogP contribution in [0.25, 0.3) is 0 Å². The van der Waals surface area contributed by atoms with E-state index < -0.39 is 5.91 Å². The molecule has 2 heterocycles. The second-order valence-electron chi connectivity index (χ2n) is 6.68. The zero-order valence-electron chi connectivity index (χ0n) is 16.3. The molecule has 2 aromatic heterocycles. The molecule has 0 atom stereocenters. The zero-order valence-corrected chi connectivity index (χ0v) is 19.4.